The molecule has 1 heterocycles. The normalized spacial score (nSPS) is 27.0. The van der Waals surface area contributed by atoms with Gasteiger partial charge < -0.3 is 14.8 Å². The fourth-order valence-electron chi connectivity index (χ4n) is 4.62. The van der Waals surface area contributed by atoms with Crippen molar-refractivity contribution in [2.24, 2.45) is 5.92 Å². The van der Waals surface area contributed by atoms with Gasteiger partial charge in [0.1, 0.15) is 5.75 Å². The summed E-state index contributed by atoms with van der Waals surface area (Å²) in [6.45, 7) is 1.61. The van der Waals surface area contributed by atoms with E-state index in [4.69, 9.17) is 9.47 Å². The second-order valence-corrected chi connectivity index (χ2v) is 7.66. The van der Waals surface area contributed by atoms with E-state index in [0.717, 1.165) is 36.1 Å². The quantitative estimate of drug-likeness (QED) is 0.868. The van der Waals surface area contributed by atoms with Crippen molar-refractivity contribution < 1.29 is 14.3 Å². The molecule has 4 nitrogen and oxygen atoms in total. The van der Waals surface area contributed by atoms with Gasteiger partial charge in [-0.1, -0.05) is 36.8 Å². The number of ether oxygens (including phenoxy) is 2. The summed E-state index contributed by atoms with van der Waals surface area (Å²) in [5.41, 5.74) is 3.46. The fraction of sp³-hybridized carbons (Fsp3) is 0.435. The molecule has 0 unspecified atom stereocenters. The zero-order valence-corrected chi connectivity index (χ0v) is 16.0. The predicted molar refractivity (Wildman–Crippen MR) is 106 cm³/mol. The van der Waals surface area contributed by atoms with Gasteiger partial charge in [-0.2, -0.15) is 0 Å². The molecule has 1 N–H and O–H groups in total. The van der Waals surface area contributed by atoms with Crippen molar-refractivity contribution >= 4 is 5.91 Å². The highest BCUT2D eigenvalue weighted by molar-refractivity contribution is 5.73. The molecule has 142 valence electrons. The Hall–Kier alpha value is -2.33. The molecule has 0 bridgehead atoms. The molecular weight excluding hydrogens is 338 g/mol. The highest BCUT2D eigenvalue weighted by Gasteiger charge is 2.42. The minimum absolute atomic E-state index is 0.0201. The summed E-state index contributed by atoms with van der Waals surface area (Å²) in [5, 5.41) is 3.18. The van der Waals surface area contributed by atoms with Crippen LogP contribution in [0, 0.1) is 5.92 Å². The van der Waals surface area contributed by atoms with Crippen molar-refractivity contribution in [3.8, 4) is 16.9 Å². The van der Waals surface area contributed by atoms with Crippen LogP contribution in [0.4, 0.5) is 0 Å². The third-order valence-corrected chi connectivity index (χ3v) is 5.88. The van der Waals surface area contributed by atoms with Gasteiger partial charge in [0.15, 0.2) is 0 Å². The average molecular weight is 365 g/mol. The molecule has 2 aromatic carbocycles. The van der Waals surface area contributed by atoms with E-state index >= 15 is 0 Å². The Morgan fingerprint density at radius 2 is 1.89 bits per heavy atom. The van der Waals surface area contributed by atoms with E-state index in [1.807, 2.05) is 18.2 Å². The number of nitrogens with one attached hydrogen (secondary N) is 1. The van der Waals surface area contributed by atoms with E-state index in [0.29, 0.717) is 5.92 Å². The van der Waals surface area contributed by atoms with Gasteiger partial charge in [-0.25, -0.2) is 0 Å². The van der Waals surface area contributed by atoms with E-state index in [1.54, 1.807) is 14.0 Å². The van der Waals surface area contributed by atoms with Crippen molar-refractivity contribution in [2.45, 2.75) is 50.9 Å². The van der Waals surface area contributed by atoms with Crippen molar-refractivity contribution in [3.63, 3.8) is 0 Å². The molecule has 0 spiro atoms. The zero-order chi connectivity index (χ0) is 18.8. The first-order valence-corrected chi connectivity index (χ1v) is 9.81. The molecule has 4 heteroatoms. The minimum Gasteiger partial charge on any atom is -0.497 e. The van der Waals surface area contributed by atoms with E-state index < -0.39 is 0 Å². The van der Waals surface area contributed by atoms with Crippen LogP contribution < -0.4 is 10.1 Å². The summed E-state index contributed by atoms with van der Waals surface area (Å²) in [4.78, 5) is 11.7. The third kappa shape index (κ3) is 3.86. The smallest absolute Gasteiger partial charge is 0.217 e. The first-order chi connectivity index (χ1) is 13.1. The number of rotatable bonds is 4. The molecule has 1 saturated heterocycles. The zero-order valence-electron chi connectivity index (χ0n) is 16.0. The number of hydrogen-bond acceptors (Lipinski definition) is 3. The number of fused-ring (bicyclic) bond motifs is 1. The summed E-state index contributed by atoms with van der Waals surface area (Å²) in [6.07, 6.45) is 4.52. The van der Waals surface area contributed by atoms with Gasteiger partial charge in [0.25, 0.3) is 0 Å². The Bertz CT molecular complexity index is 819. The van der Waals surface area contributed by atoms with Crippen LogP contribution >= 0.6 is 0 Å². The van der Waals surface area contributed by atoms with Crippen LogP contribution in [0.25, 0.3) is 11.1 Å². The Morgan fingerprint density at radius 1 is 1.11 bits per heavy atom. The van der Waals surface area contributed by atoms with Gasteiger partial charge in [-0.15, -0.1) is 0 Å². The van der Waals surface area contributed by atoms with Crippen molar-refractivity contribution in [1.29, 1.82) is 0 Å². The first kappa shape index (κ1) is 18.1. The Morgan fingerprint density at radius 3 is 2.67 bits per heavy atom. The largest absolute Gasteiger partial charge is 0.497 e. The summed E-state index contributed by atoms with van der Waals surface area (Å²) in [5.74, 6) is 1.36. The number of carbonyl (C=O) groups excluding carboxylic acids is 1. The molecule has 2 aliphatic rings. The molecule has 2 aromatic rings. The van der Waals surface area contributed by atoms with Crippen LogP contribution in [-0.4, -0.2) is 25.2 Å². The van der Waals surface area contributed by atoms with Gasteiger partial charge in [0, 0.05) is 18.9 Å². The van der Waals surface area contributed by atoms with Gasteiger partial charge in [0.05, 0.1) is 19.3 Å². The highest BCUT2D eigenvalue weighted by atomic mass is 16.5. The summed E-state index contributed by atoms with van der Waals surface area (Å²) >= 11 is 0. The lowest BCUT2D eigenvalue weighted by Crippen LogP contribution is -2.47. The van der Waals surface area contributed by atoms with Gasteiger partial charge in [-0.3, -0.25) is 4.79 Å². The van der Waals surface area contributed by atoms with Gasteiger partial charge in [0.2, 0.25) is 5.91 Å². The summed E-state index contributed by atoms with van der Waals surface area (Å²) < 4.78 is 11.8. The average Bonchev–Trinajstić information content (AvgIpc) is 3.17. The number of methoxy groups -OCH3 is 1. The Kier molecular flexibility index (Phi) is 5.17. The standard InChI is InChI=1S/C23H27NO3/c1-15(25)24-21-14-23(27-22-11-5-10-20(21)22)18-8-3-6-16(12-18)17-7-4-9-19(13-17)26-2/h3-4,6-9,12-13,20-23H,5,10-11,14H2,1-2H3,(H,24,25)/t20-,21+,22+,23+/m0/s1. The van der Waals surface area contributed by atoms with Crippen LogP contribution in [0.3, 0.4) is 0 Å². The Labute approximate surface area is 160 Å². The number of benzene rings is 2. The van der Waals surface area contributed by atoms with Crippen LogP contribution in [-0.2, 0) is 9.53 Å². The van der Waals surface area contributed by atoms with E-state index in [1.165, 1.54) is 12.0 Å². The first-order valence-electron chi connectivity index (χ1n) is 9.81. The lowest BCUT2D eigenvalue weighted by molar-refractivity contribution is -0.124. The van der Waals surface area contributed by atoms with Gasteiger partial charge in [-0.05, 0) is 54.2 Å². The van der Waals surface area contributed by atoms with Crippen LogP contribution in [0.15, 0.2) is 48.5 Å². The van der Waals surface area contributed by atoms with E-state index in [2.05, 4.69) is 35.6 Å². The second kappa shape index (κ2) is 7.73. The van der Waals surface area contributed by atoms with Crippen molar-refractivity contribution in [3.05, 3.63) is 54.1 Å². The lowest BCUT2D eigenvalue weighted by Gasteiger charge is -2.39. The molecule has 1 aliphatic carbocycles. The number of amides is 1. The second-order valence-electron chi connectivity index (χ2n) is 7.66. The lowest BCUT2D eigenvalue weighted by atomic mass is 9.85. The molecule has 27 heavy (non-hydrogen) atoms. The number of hydrogen-bond donors (Lipinski definition) is 1. The summed E-state index contributed by atoms with van der Waals surface area (Å²) in [6, 6.07) is 16.9. The predicted octanol–water partition coefficient (Wildman–Crippen LogP) is 4.50. The maximum absolute atomic E-state index is 11.7. The Balaban J connectivity index is 1.60. The molecular formula is C23H27NO3. The maximum atomic E-state index is 11.7. The SMILES string of the molecule is COc1cccc(-c2cccc([C@H]3C[C@@H](NC(C)=O)[C@@H]4CCC[C@H]4O3)c2)c1. The highest BCUT2D eigenvalue weighted by Crippen LogP contribution is 2.43. The van der Waals surface area contributed by atoms with E-state index in [-0.39, 0.29) is 24.2 Å². The maximum Gasteiger partial charge on any atom is 0.217 e. The van der Waals surface area contributed by atoms with Crippen LogP contribution in [0.1, 0.15) is 44.3 Å². The molecule has 1 aliphatic heterocycles. The fourth-order valence-corrected chi connectivity index (χ4v) is 4.62. The molecule has 4 atom stereocenters. The molecule has 0 aromatic heterocycles. The number of carbonyl (C=O) groups is 1. The molecule has 1 saturated carbocycles. The van der Waals surface area contributed by atoms with Crippen molar-refractivity contribution in [2.75, 3.05) is 7.11 Å². The summed E-state index contributed by atoms with van der Waals surface area (Å²) in [7, 11) is 1.69. The van der Waals surface area contributed by atoms with Crippen molar-refractivity contribution in [1.82, 2.24) is 5.32 Å². The van der Waals surface area contributed by atoms with E-state index in [9.17, 15) is 4.79 Å². The minimum atomic E-state index is 0.0201. The third-order valence-electron chi connectivity index (χ3n) is 5.88. The van der Waals surface area contributed by atoms with Crippen LogP contribution in [0.5, 0.6) is 5.75 Å². The monoisotopic (exact) mass is 365 g/mol. The molecule has 1 amide bonds. The molecule has 4 rings (SSSR count). The topological polar surface area (TPSA) is 47.6 Å². The molecule has 0 radical (unpaired) electrons. The molecule has 2 fully saturated rings. The van der Waals surface area contributed by atoms with Crippen LogP contribution in [0.2, 0.25) is 0 Å². The van der Waals surface area contributed by atoms with Gasteiger partial charge >= 0.3 is 0 Å².